The molecule has 1 aromatic heterocycles. The van der Waals surface area contributed by atoms with E-state index in [9.17, 15) is 9.59 Å². The summed E-state index contributed by atoms with van der Waals surface area (Å²) >= 11 is 5.35. The lowest BCUT2D eigenvalue weighted by atomic mass is 9.94. The van der Waals surface area contributed by atoms with Crippen molar-refractivity contribution in [2.24, 2.45) is 5.41 Å². The molecular weight excluding hydrogens is 348 g/mol. The molecule has 2 aromatic rings. The number of piperazine rings is 1. The first-order chi connectivity index (χ1) is 12.3. The van der Waals surface area contributed by atoms with Gasteiger partial charge in [0.25, 0.3) is 5.91 Å². The summed E-state index contributed by atoms with van der Waals surface area (Å²) in [6.07, 6.45) is 1.66. The summed E-state index contributed by atoms with van der Waals surface area (Å²) in [5, 5.41) is 0. The van der Waals surface area contributed by atoms with Gasteiger partial charge in [0.1, 0.15) is 5.69 Å². The van der Waals surface area contributed by atoms with Gasteiger partial charge in [0, 0.05) is 43.5 Å². The van der Waals surface area contributed by atoms with Gasteiger partial charge in [-0.25, -0.2) is 0 Å². The van der Waals surface area contributed by atoms with E-state index in [4.69, 9.17) is 12.2 Å². The zero-order valence-electron chi connectivity index (χ0n) is 15.4. The minimum Gasteiger partial charge on any atom is -0.339 e. The molecule has 7 heteroatoms. The number of nitrogens with zero attached hydrogens (tertiary/aromatic N) is 3. The van der Waals surface area contributed by atoms with Gasteiger partial charge in [-0.3, -0.25) is 14.2 Å². The van der Waals surface area contributed by atoms with E-state index in [0.717, 1.165) is 5.69 Å². The average molecular weight is 372 g/mol. The third-order valence-corrected chi connectivity index (χ3v) is 4.81. The summed E-state index contributed by atoms with van der Waals surface area (Å²) in [5.74, 6) is 0.0440. The smallest absolute Gasteiger partial charge is 0.272 e. The number of nitrogens with one attached hydrogen (secondary N) is 1. The Labute approximate surface area is 158 Å². The van der Waals surface area contributed by atoms with Gasteiger partial charge in [-0.1, -0.05) is 39.0 Å². The molecule has 0 bridgehead atoms. The van der Waals surface area contributed by atoms with Crippen molar-refractivity contribution < 1.29 is 9.59 Å². The summed E-state index contributed by atoms with van der Waals surface area (Å²) in [5.41, 5.74) is 0.959. The Morgan fingerprint density at radius 2 is 1.58 bits per heavy atom. The van der Waals surface area contributed by atoms with Crippen LogP contribution in [0.25, 0.3) is 5.69 Å². The zero-order valence-corrected chi connectivity index (χ0v) is 16.2. The molecule has 26 heavy (non-hydrogen) atoms. The molecule has 0 atom stereocenters. The molecule has 0 radical (unpaired) electrons. The van der Waals surface area contributed by atoms with Gasteiger partial charge in [0.05, 0.1) is 0 Å². The van der Waals surface area contributed by atoms with Crippen LogP contribution in [0, 0.1) is 10.2 Å². The first-order valence-electron chi connectivity index (χ1n) is 8.73. The minimum atomic E-state index is -0.402. The summed E-state index contributed by atoms with van der Waals surface area (Å²) in [7, 11) is 0. The number of aromatic nitrogens is 2. The molecule has 0 unspecified atom stereocenters. The fourth-order valence-electron chi connectivity index (χ4n) is 3.11. The maximum Gasteiger partial charge on any atom is 0.272 e. The molecule has 2 amide bonds. The van der Waals surface area contributed by atoms with E-state index < -0.39 is 5.41 Å². The first kappa shape index (κ1) is 18.4. The summed E-state index contributed by atoms with van der Waals surface area (Å²) < 4.78 is 2.24. The molecule has 1 aliphatic heterocycles. The number of H-pyrrole nitrogens is 1. The van der Waals surface area contributed by atoms with Gasteiger partial charge >= 0.3 is 0 Å². The summed E-state index contributed by atoms with van der Waals surface area (Å²) in [4.78, 5) is 32.0. The van der Waals surface area contributed by atoms with Crippen LogP contribution < -0.4 is 0 Å². The Morgan fingerprint density at radius 3 is 2.15 bits per heavy atom. The predicted octanol–water partition coefficient (Wildman–Crippen LogP) is 2.87. The first-order valence-corrected chi connectivity index (χ1v) is 9.14. The molecule has 1 saturated heterocycles. The number of hydrogen-bond acceptors (Lipinski definition) is 3. The van der Waals surface area contributed by atoms with E-state index in [0.29, 0.717) is 36.6 Å². The molecular formula is C19H24N4O2S. The number of carbonyl (C=O) groups is 2. The van der Waals surface area contributed by atoms with E-state index in [-0.39, 0.29) is 11.8 Å². The van der Waals surface area contributed by atoms with Gasteiger partial charge in [0.2, 0.25) is 5.91 Å². The predicted molar refractivity (Wildman–Crippen MR) is 103 cm³/mol. The molecule has 1 aliphatic rings. The Hall–Kier alpha value is -2.41. The third-order valence-electron chi connectivity index (χ3n) is 4.51. The van der Waals surface area contributed by atoms with Gasteiger partial charge in [-0.15, -0.1) is 0 Å². The number of imidazole rings is 1. The number of para-hydroxylation sites is 1. The zero-order chi connectivity index (χ0) is 18.9. The minimum absolute atomic E-state index is 0.0796. The number of rotatable bonds is 2. The topological polar surface area (TPSA) is 61.3 Å². The molecule has 0 aliphatic carbocycles. The van der Waals surface area contributed by atoms with Crippen molar-refractivity contribution in [1.82, 2.24) is 19.4 Å². The maximum absolute atomic E-state index is 13.0. The normalized spacial score (nSPS) is 15.2. The highest BCUT2D eigenvalue weighted by Crippen LogP contribution is 2.20. The summed E-state index contributed by atoms with van der Waals surface area (Å²) in [6.45, 7) is 7.90. The third kappa shape index (κ3) is 3.58. The Kier molecular flexibility index (Phi) is 5.00. The van der Waals surface area contributed by atoms with Crippen LogP contribution >= 0.6 is 12.2 Å². The van der Waals surface area contributed by atoms with E-state index in [1.54, 1.807) is 15.7 Å². The van der Waals surface area contributed by atoms with Crippen molar-refractivity contribution in [3.8, 4) is 5.69 Å². The van der Waals surface area contributed by atoms with Crippen LogP contribution in [0.4, 0.5) is 0 Å². The summed E-state index contributed by atoms with van der Waals surface area (Å²) in [6, 6.07) is 9.58. The van der Waals surface area contributed by atoms with Crippen molar-refractivity contribution in [2.45, 2.75) is 20.8 Å². The second-order valence-corrected chi connectivity index (χ2v) is 7.87. The van der Waals surface area contributed by atoms with E-state index in [2.05, 4.69) is 4.98 Å². The van der Waals surface area contributed by atoms with E-state index in [1.165, 1.54) is 0 Å². The van der Waals surface area contributed by atoms with Gasteiger partial charge < -0.3 is 14.8 Å². The second-order valence-electron chi connectivity index (χ2n) is 7.48. The number of carbonyl (C=O) groups excluding carboxylic acids is 2. The highest BCUT2D eigenvalue weighted by Gasteiger charge is 2.31. The van der Waals surface area contributed by atoms with Crippen molar-refractivity contribution >= 4 is 24.0 Å². The standard InChI is InChI=1S/C19H24N4O2S/c1-19(2,3)17(25)22-11-9-21(10-12-22)16(24)15-13-20-18(26)23(15)14-7-5-4-6-8-14/h4-8,13H,9-12H2,1-3H3,(H,20,26). The number of aromatic amines is 1. The van der Waals surface area contributed by atoms with Crippen molar-refractivity contribution in [1.29, 1.82) is 0 Å². The molecule has 6 nitrogen and oxygen atoms in total. The van der Waals surface area contributed by atoms with Crippen LogP contribution in [-0.4, -0.2) is 57.3 Å². The second kappa shape index (κ2) is 7.07. The van der Waals surface area contributed by atoms with Gasteiger partial charge in [-0.05, 0) is 24.4 Å². The van der Waals surface area contributed by atoms with Gasteiger partial charge in [0.15, 0.2) is 4.77 Å². The largest absolute Gasteiger partial charge is 0.339 e. The average Bonchev–Trinajstić information content (AvgIpc) is 3.02. The van der Waals surface area contributed by atoms with E-state index >= 15 is 0 Å². The lowest BCUT2D eigenvalue weighted by Crippen LogP contribution is -2.53. The van der Waals surface area contributed by atoms with Crippen LogP contribution in [0.5, 0.6) is 0 Å². The fourth-order valence-corrected chi connectivity index (χ4v) is 3.37. The molecule has 138 valence electrons. The highest BCUT2D eigenvalue weighted by atomic mass is 32.1. The monoisotopic (exact) mass is 372 g/mol. The van der Waals surface area contributed by atoms with Crippen molar-refractivity contribution in [3.63, 3.8) is 0 Å². The lowest BCUT2D eigenvalue weighted by Gasteiger charge is -2.37. The number of hydrogen-bond donors (Lipinski definition) is 1. The number of benzene rings is 1. The molecule has 1 N–H and O–H groups in total. The molecule has 1 aromatic carbocycles. The number of amides is 2. The Bertz CT molecular complexity index is 856. The molecule has 0 saturated carbocycles. The quantitative estimate of drug-likeness (QED) is 0.825. The Morgan fingerprint density at radius 1 is 1.00 bits per heavy atom. The van der Waals surface area contributed by atoms with Crippen LogP contribution in [-0.2, 0) is 4.79 Å². The SMILES string of the molecule is CC(C)(C)C(=O)N1CCN(C(=O)c2c[nH]c(=S)n2-c2ccccc2)CC1. The lowest BCUT2D eigenvalue weighted by molar-refractivity contribution is -0.140. The molecule has 3 rings (SSSR count). The van der Waals surface area contributed by atoms with Crippen LogP contribution in [0.15, 0.2) is 36.5 Å². The molecule has 1 fully saturated rings. The van der Waals surface area contributed by atoms with Crippen molar-refractivity contribution in [3.05, 3.63) is 47.0 Å². The Balaban J connectivity index is 1.77. The van der Waals surface area contributed by atoms with Gasteiger partial charge in [-0.2, -0.15) is 0 Å². The van der Waals surface area contributed by atoms with Crippen LogP contribution in [0.3, 0.4) is 0 Å². The molecule has 0 spiro atoms. The van der Waals surface area contributed by atoms with Crippen LogP contribution in [0.2, 0.25) is 0 Å². The fraction of sp³-hybridized carbons (Fsp3) is 0.421. The molecule has 2 heterocycles. The highest BCUT2D eigenvalue weighted by molar-refractivity contribution is 7.71. The van der Waals surface area contributed by atoms with Crippen LogP contribution in [0.1, 0.15) is 31.3 Å². The maximum atomic E-state index is 13.0. The van der Waals surface area contributed by atoms with Crippen molar-refractivity contribution in [2.75, 3.05) is 26.2 Å². The van der Waals surface area contributed by atoms with E-state index in [1.807, 2.05) is 56.0 Å².